The van der Waals surface area contributed by atoms with Crippen LogP contribution in [0.15, 0.2) is 77.7 Å². The number of rotatable bonds is 12. The van der Waals surface area contributed by atoms with Crippen LogP contribution in [0, 0.1) is 19.8 Å². The van der Waals surface area contributed by atoms with Crippen molar-refractivity contribution in [2.45, 2.75) is 52.1 Å². The minimum Gasteiger partial charge on any atom is -0.497 e. The van der Waals surface area contributed by atoms with Gasteiger partial charge in [-0.25, -0.2) is 8.42 Å². The molecule has 0 saturated carbocycles. The zero-order valence-electron chi connectivity index (χ0n) is 24.0. The van der Waals surface area contributed by atoms with E-state index in [1.165, 1.54) is 17.0 Å². The summed E-state index contributed by atoms with van der Waals surface area (Å²) in [4.78, 5) is 28.6. The van der Waals surface area contributed by atoms with Crippen molar-refractivity contribution < 1.29 is 22.7 Å². The van der Waals surface area contributed by atoms with Crippen LogP contribution in [-0.4, -0.2) is 51.4 Å². The third kappa shape index (κ3) is 7.85. The lowest BCUT2D eigenvalue weighted by Crippen LogP contribution is -2.51. The van der Waals surface area contributed by atoms with Crippen LogP contribution in [0.3, 0.4) is 0 Å². The molecule has 0 aromatic heterocycles. The highest BCUT2D eigenvalue weighted by Gasteiger charge is 2.32. The van der Waals surface area contributed by atoms with Gasteiger partial charge in [0.15, 0.2) is 0 Å². The summed E-state index contributed by atoms with van der Waals surface area (Å²) in [5, 5.41) is 2.89. The third-order valence-electron chi connectivity index (χ3n) is 6.44. The van der Waals surface area contributed by atoms with E-state index in [4.69, 9.17) is 4.74 Å². The molecule has 40 heavy (non-hydrogen) atoms. The van der Waals surface area contributed by atoms with Crippen LogP contribution < -0.4 is 14.4 Å². The van der Waals surface area contributed by atoms with E-state index in [1.54, 1.807) is 56.5 Å². The van der Waals surface area contributed by atoms with Crippen molar-refractivity contribution in [1.82, 2.24) is 10.2 Å². The molecule has 3 aromatic carbocycles. The number of amides is 2. The number of nitrogens with zero attached hydrogens (tertiary/aromatic N) is 2. The van der Waals surface area contributed by atoms with E-state index in [-0.39, 0.29) is 23.3 Å². The van der Waals surface area contributed by atoms with E-state index in [1.807, 2.05) is 45.9 Å². The number of ether oxygens (including phenoxy) is 1. The molecule has 214 valence electrons. The Hall–Kier alpha value is -3.85. The summed E-state index contributed by atoms with van der Waals surface area (Å²) in [5.74, 6) is 0.0302. The number of aryl methyl sites for hydroxylation is 2. The van der Waals surface area contributed by atoms with Crippen molar-refractivity contribution in [3.63, 3.8) is 0 Å². The Balaban J connectivity index is 2.04. The molecular formula is C31H39N3O5S. The number of hydrogen-bond acceptors (Lipinski definition) is 5. The Labute approximate surface area is 238 Å². The first-order valence-corrected chi connectivity index (χ1v) is 14.7. The van der Waals surface area contributed by atoms with E-state index >= 15 is 0 Å². The fourth-order valence-electron chi connectivity index (χ4n) is 4.35. The number of hydrogen-bond donors (Lipinski definition) is 1. The number of nitrogens with one attached hydrogen (secondary N) is 1. The van der Waals surface area contributed by atoms with Crippen molar-refractivity contribution in [2.75, 3.05) is 24.5 Å². The van der Waals surface area contributed by atoms with Gasteiger partial charge in [0, 0.05) is 13.1 Å². The van der Waals surface area contributed by atoms with Crippen molar-refractivity contribution in [2.24, 2.45) is 5.92 Å². The van der Waals surface area contributed by atoms with Gasteiger partial charge >= 0.3 is 0 Å². The molecule has 0 aliphatic carbocycles. The van der Waals surface area contributed by atoms with Gasteiger partial charge in [0.2, 0.25) is 11.8 Å². The highest BCUT2D eigenvalue weighted by molar-refractivity contribution is 7.92. The summed E-state index contributed by atoms with van der Waals surface area (Å²) in [6.07, 6.45) is 0. The standard InChI is InChI=1S/C31H39N3O5S/c1-22(2)19-32-31(36)25(5)33(20-26-11-10-12-28(18-26)39-6)30(35)21-34(27-16-23(3)15-24(4)17-27)40(37,38)29-13-8-7-9-14-29/h7-18,22,25H,19-21H2,1-6H3,(H,32,36)/t25-/m1/s1. The molecule has 0 radical (unpaired) electrons. The van der Waals surface area contributed by atoms with Gasteiger partial charge in [-0.1, -0.05) is 50.2 Å². The van der Waals surface area contributed by atoms with Crippen molar-refractivity contribution in [1.29, 1.82) is 0 Å². The minimum atomic E-state index is -4.10. The van der Waals surface area contributed by atoms with Gasteiger partial charge in [0.05, 0.1) is 17.7 Å². The van der Waals surface area contributed by atoms with Gasteiger partial charge in [0.1, 0.15) is 18.3 Å². The molecule has 0 aliphatic rings. The quantitative estimate of drug-likeness (QED) is 0.344. The van der Waals surface area contributed by atoms with Crippen molar-refractivity contribution >= 4 is 27.5 Å². The Morgan fingerprint density at radius 2 is 1.55 bits per heavy atom. The van der Waals surface area contributed by atoms with Crippen molar-refractivity contribution in [3.8, 4) is 5.75 Å². The second-order valence-electron chi connectivity index (χ2n) is 10.4. The number of anilines is 1. The predicted octanol–water partition coefficient (Wildman–Crippen LogP) is 4.70. The molecule has 2 amide bonds. The van der Waals surface area contributed by atoms with Gasteiger partial charge < -0.3 is 15.0 Å². The average molecular weight is 566 g/mol. The Kier molecular flexibility index (Phi) is 10.3. The van der Waals surface area contributed by atoms with Crippen LogP contribution in [0.4, 0.5) is 5.69 Å². The van der Waals surface area contributed by atoms with Crippen LogP contribution in [0.1, 0.15) is 37.5 Å². The lowest BCUT2D eigenvalue weighted by Gasteiger charge is -2.32. The monoisotopic (exact) mass is 565 g/mol. The molecule has 0 spiro atoms. The SMILES string of the molecule is COc1cccc(CN(C(=O)CN(c2cc(C)cc(C)c2)S(=O)(=O)c2ccccc2)[C@H](C)C(=O)NCC(C)C)c1. The van der Waals surface area contributed by atoms with Gasteiger partial charge in [-0.05, 0) is 79.8 Å². The average Bonchev–Trinajstić information content (AvgIpc) is 2.92. The Morgan fingerprint density at radius 3 is 2.15 bits per heavy atom. The smallest absolute Gasteiger partial charge is 0.264 e. The first-order chi connectivity index (χ1) is 18.9. The number of benzene rings is 3. The second-order valence-corrected chi connectivity index (χ2v) is 12.2. The van der Waals surface area contributed by atoms with Gasteiger partial charge in [-0.2, -0.15) is 0 Å². The first kappa shape index (κ1) is 30.7. The van der Waals surface area contributed by atoms with Crippen LogP contribution in [0.5, 0.6) is 5.75 Å². The van der Waals surface area contributed by atoms with Crippen LogP contribution in [0.2, 0.25) is 0 Å². The van der Waals surface area contributed by atoms with Crippen LogP contribution >= 0.6 is 0 Å². The molecule has 0 bridgehead atoms. The maximum Gasteiger partial charge on any atom is 0.264 e. The molecule has 0 fully saturated rings. The summed E-state index contributed by atoms with van der Waals surface area (Å²) >= 11 is 0. The molecule has 0 aliphatic heterocycles. The summed E-state index contributed by atoms with van der Waals surface area (Å²) in [7, 11) is -2.55. The number of carbonyl (C=O) groups is 2. The lowest BCUT2D eigenvalue weighted by molar-refractivity contribution is -0.139. The molecule has 3 rings (SSSR count). The first-order valence-electron chi connectivity index (χ1n) is 13.3. The van der Waals surface area contributed by atoms with E-state index in [0.717, 1.165) is 21.0 Å². The van der Waals surface area contributed by atoms with Gasteiger partial charge in [0.25, 0.3) is 10.0 Å². The summed E-state index contributed by atoms with van der Waals surface area (Å²) in [5.41, 5.74) is 2.86. The molecule has 1 N–H and O–H groups in total. The van der Waals surface area contributed by atoms with Crippen molar-refractivity contribution in [3.05, 3.63) is 89.5 Å². The van der Waals surface area contributed by atoms with Crippen LogP contribution in [-0.2, 0) is 26.2 Å². The normalized spacial score (nSPS) is 12.1. The van der Waals surface area contributed by atoms with Gasteiger partial charge in [-0.3, -0.25) is 13.9 Å². The number of sulfonamides is 1. The molecule has 8 nitrogen and oxygen atoms in total. The highest BCUT2D eigenvalue weighted by Crippen LogP contribution is 2.27. The van der Waals surface area contributed by atoms with E-state index in [9.17, 15) is 18.0 Å². The van der Waals surface area contributed by atoms with Crippen LogP contribution in [0.25, 0.3) is 0 Å². The molecule has 0 saturated heterocycles. The largest absolute Gasteiger partial charge is 0.497 e. The molecular weight excluding hydrogens is 526 g/mol. The zero-order valence-corrected chi connectivity index (χ0v) is 24.9. The molecule has 0 heterocycles. The number of carbonyl (C=O) groups excluding carboxylic acids is 2. The third-order valence-corrected chi connectivity index (χ3v) is 8.23. The minimum absolute atomic E-state index is 0.0732. The Morgan fingerprint density at radius 1 is 0.900 bits per heavy atom. The molecule has 1 atom stereocenters. The van der Waals surface area contributed by atoms with E-state index in [2.05, 4.69) is 5.32 Å². The fourth-order valence-corrected chi connectivity index (χ4v) is 5.76. The zero-order chi connectivity index (χ0) is 29.4. The maximum absolute atomic E-state index is 14.0. The highest BCUT2D eigenvalue weighted by atomic mass is 32.2. The van der Waals surface area contributed by atoms with Gasteiger partial charge in [-0.15, -0.1) is 0 Å². The molecule has 9 heteroatoms. The Bertz CT molecular complexity index is 1400. The fraction of sp³-hybridized carbons (Fsp3) is 0.355. The summed E-state index contributed by atoms with van der Waals surface area (Å²) < 4.78 is 34.3. The second kappa shape index (κ2) is 13.5. The number of methoxy groups -OCH3 is 1. The lowest BCUT2D eigenvalue weighted by atomic mass is 10.1. The van der Waals surface area contributed by atoms with E-state index in [0.29, 0.717) is 18.0 Å². The summed E-state index contributed by atoms with van der Waals surface area (Å²) in [6.45, 7) is 9.45. The summed E-state index contributed by atoms with van der Waals surface area (Å²) in [6, 6.07) is 19.8. The van der Waals surface area contributed by atoms with E-state index < -0.39 is 28.5 Å². The molecule has 0 unspecified atom stereocenters. The topological polar surface area (TPSA) is 96.0 Å². The maximum atomic E-state index is 14.0. The predicted molar refractivity (Wildman–Crippen MR) is 158 cm³/mol. The molecule has 3 aromatic rings.